The van der Waals surface area contributed by atoms with Gasteiger partial charge in [-0.1, -0.05) is 34.6 Å². The number of hydrogen-bond acceptors (Lipinski definition) is 5. The molecule has 1 aromatic heterocycles. The van der Waals surface area contributed by atoms with Crippen molar-refractivity contribution in [3.63, 3.8) is 0 Å². The second kappa shape index (κ2) is 9.68. The second-order valence-corrected chi connectivity index (χ2v) is 14.8. The molecule has 1 aromatic rings. The van der Waals surface area contributed by atoms with Crippen LogP contribution in [0.25, 0.3) is 0 Å². The first-order valence-corrected chi connectivity index (χ1v) is 13.7. The van der Waals surface area contributed by atoms with Crippen LogP contribution in [-0.2, 0) is 27.0 Å². The molecule has 4 nitrogen and oxygen atoms in total. The van der Waals surface area contributed by atoms with E-state index < -0.39 is 13.9 Å². The van der Waals surface area contributed by atoms with Gasteiger partial charge in [-0.3, -0.25) is 4.79 Å². The quantitative estimate of drug-likeness (QED) is 0.403. The molecule has 0 aliphatic rings. The van der Waals surface area contributed by atoms with Gasteiger partial charge < -0.3 is 14.3 Å². The largest absolute Gasteiger partial charge is 0.466 e. The lowest BCUT2D eigenvalue weighted by molar-refractivity contribution is -0.151. The van der Waals surface area contributed by atoms with Crippen molar-refractivity contribution < 1.29 is 19.1 Å². The highest BCUT2D eigenvalue weighted by Gasteiger charge is 2.37. The highest BCUT2D eigenvalue weighted by molar-refractivity contribution is 7.08. The average Bonchev–Trinajstić information content (AvgIpc) is 2.97. The summed E-state index contributed by atoms with van der Waals surface area (Å²) in [6.45, 7) is 17.9. The van der Waals surface area contributed by atoms with Crippen LogP contribution < -0.4 is 0 Å². The minimum atomic E-state index is -1.80. The fourth-order valence-electron chi connectivity index (χ4n) is 2.56. The van der Waals surface area contributed by atoms with Gasteiger partial charge in [0.1, 0.15) is 0 Å². The van der Waals surface area contributed by atoms with Gasteiger partial charge in [0.05, 0.1) is 25.2 Å². The monoisotopic (exact) mass is 414 g/mol. The summed E-state index contributed by atoms with van der Waals surface area (Å²) in [5.41, 5.74) is 1.36. The van der Waals surface area contributed by atoms with E-state index in [1.807, 2.05) is 13.8 Å². The van der Waals surface area contributed by atoms with Gasteiger partial charge in [-0.25, -0.2) is 0 Å². The van der Waals surface area contributed by atoms with Crippen LogP contribution in [-0.4, -0.2) is 31.6 Å². The van der Waals surface area contributed by atoms with Gasteiger partial charge in [0.25, 0.3) is 0 Å². The fourth-order valence-corrected chi connectivity index (χ4v) is 4.40. The zero-order chi connectivity index (χ0) is 20.9. The first-order valence-electron chi connectivity index (χ1n) is 9.88. The van der Waals surface area contributed by atoms with E-state index in [4.69, 9.17) is 9.16 Å². The van der Waals surface area contributed by atoms with E-state index in [0.717, 1.165) is 6.42 Å². The molecule has 1 atom stereocenters. The summed E-state index contributed by atoms with van der Waals surface area (Å²) in [5.74, 6) is -0.354. The molecule has 0 radical (unpaired) electrons. The molecule has 1 unspecified atom stereocenters. The number of ether oxygens (including phenoxy) is 1. The van der Waals surface area contributed by atoms with Crippen LogP contribution in [0.3, 0.4) is 0 Å². The van der Waals surface area contributed by atoms with Gasteiger partial charge in [0, 0.05) is 0 Å². The predicted octanol–water partition coefficient (Wildman–Crippen LogP) is 5.54. The summed E-state index contributed by atoms with van der Waals surface area (Å²) in [6.07, 6.45) is 1.31. The van der Waals surface area contributed by atoms with E-state index in [1.165, 1.54) is 11.1 Å². The molecule has 0 amide bonds. The van der Waals surface area contributed by atoms with Gasteiger partial charge in [0.2, 0.25) is 0 Å². The lowest BCUT2D eigenvalue weighted by Crippen LogP contribution is -2.40. The molecular formula is C21H38O4SSi. The molecule has 6 heteroatoms. The molecular weight excluding hydrogens is 376 g/mol. The molecule has 27 heavy (non-hydrogen) atoms. The Morgan fingerprint density at radius 2 is 1.81 bits per heavy atom. The number of aryl methyl sites for hydroxylation is 1. The Morgan fingerprint density at radius 1 is 1.22 bits per heavy atom. The molecule has 0 saturated heterocycles. The summed E-state index contributed by atoms with van der Waals surface area (Å²) < 4.78 is 11.4. The molecule has 0 fully saturated rings. The van der Waals surface area contributed by atoms with Crippen LogP contribution in [0.4, 0.5) is 0 Å². The number of esters is 1. The molecule has 0 saturated carbocycles. The Morgan fingerprint density at radius 3 is 2.33 bits per heavy atom. The van der Waals surface area contributed by atoms with Crippen LogP contribution in [0.1, 0.15) is 65.5 Å². The van der Waals surface area contributed by atoms with Crippen molar-refractivity contribution >= 4 is 25.6 Å². The van der Waals surface area contributed by atoms with Crippen LogP contribution in [0.5, 0.6) is 0 Å². The van der Waals surface area contributed by atoms with Crippen molar-refractivity contribution in [2.24, 2.45) is 5.92 Å². The maximum Gasteiger partial charge on any atom is 0.308 e. The van der Waals surface area contributed by atoms with Crippen molar-refractivity contribution in [2.75, 3.05) is 6.61 Å². The molecule has 0 bridgehead atoms. The third kappa shape index (κ3) is 7.00. The van der Waals surface area contributed by atoms with E-state index in [0.29, 0.717) is 19.6 Å². The first kappa shape index (κ1) is 24.3. The van der Waals surface area contributed by atoms with Gasteiger partial charge in [-0.05, 0) is 65.7 Å². The molecule has 1 N–H and O–H groups in total. The molecule has 0 aliphatic carbocycles. The van der Waals surface area contributed by atoms with Crippen LogP contribution >= 0.6 is 11.3 Å². The van der Waals surface area contributed by atoms with Gasteiger partial charge in [-0.15, -0.1) is 0 Å². The maximum absolute atomic E-state index is 11.9. The van der Waals surface area contributed by atoms with Gasteiger partial charge >= 0.3 is 5.97 Å². The minimum Gasteiger partial charge on any atom is -0.466 e. The topological polar surface area (TPSA) is 55.8 Å². The highest BCUT2D eigenvalue weighted by Crippen LogP contribution is 2.37. The highest BCUT2D eigenvalue weighted by atomic mass is 32.1. The summed E-state index contributed by atoms with van der Waals surface area (Å²) in [4.78, 5) is 11.9. The number of carbonyl (C=O) groups is 1. The first-order chi connectivity index (χ1) is 12.3. The lowest BCUT2D eigenvalue weighted by Gasteiger charge is -2.36. The predicted molar refractivity (Wildman–Crippen MR) is 116 cm³/mol. The Hall–Kier alpha value is -0.693. The van der Waals surface area contributed by atoms with E-state index in [-0.39, 0.29) is 23.3 Å². The molecule has 1 rings (SSSR count). The third-order valence-corrected chi connectivity index (χ3v) is 11.2. The Balaban J connectivity index is 2.77. The van der Waals surface area contributed by atoms with Crippen molar-refractivity contribution in [3.8, 4) is 0 Å². The summed E-state index contributed by atoms with van der Waals surface area (Å²) in [6, 6.07) is 0. The average molecular weight is 415 g/mol. The van der Waals surface area contributed by atoms with Crippen LogP contribution in [0, 0.1) is 5.92 Å². The zero-order valence-corrected chi connectivity index (χ0v) is 20.2. The normalized spacial score (nSPS) is 15.0. The minimum absolute atomic E-state index is 0.0209. The van der Waals surface area contributed by atoms with Crippen LogP contribution in [0.15, 0.2) is 10.8 Å². The number of aliphatic hydroxyl groups is 1. The number of carbonyl (C=O) groups excluding carboxylic acids is 1. The standard InChI is InChI=1S/C21H38O4SSi/c1-9-24-19(22)12-21(23,16(2)3)11-10-17-14-26-15-18(17)13-25-27(7,8)20(4,5)6/h14-16,23H,9-13H2,1-8H3. The van der Waals surface area contributed by atoms with E-state index in [2.05, 4.69) is 44.6 Å². The second-order valence-electron chi connectivity index (χ2n) is 9.21. The van der Waals surface area contributed by atoms with Gasteiger partial charge in [0.15, 0.2) is 8.32 Å². The molecule has 156 valence electrons. The van der Waals surface area contributed by atoms with Crippen molar-refractivity contribution in [1.29, 1.82) is 0 Å². The SMILES string of the molecule is CCOC(=O)CC(O)(CCc1cscc1CO[Si](C)(C)C(C)(C)C)C(C)C. The summed E-state index contributed by atoms with van der Waals surface area (Å²) in [5, 5.41) is 15.5. The number of rotatable bonds is 10. The van der Waals surface area contributed by atoms with E-state index in [1.54, 1.807) is 18.3 Å². The smallest absolute Gasteiger partial charge is 0.308 e. The maximum atomic E-state index is 11.9. The Labute approximate surface area is 170 Å². The summed E-state index contributed by atoms with van der Waals surface area (Å²) >= 11 is 1.67. The van der Waals surface area contributed by atoms with Gasteiger partial charge in [-0.2, -0.15) is 11.3 Å². The lowest BCUT2D eigenvalue weighted by atomic mass is 9.82. The van der Waals surface area contributed by atoms with Crippen molar-refractivity contribution in [1.82, 2.24) is 0 Å². The van der Waals surface area contributed by atoms with E-state index >= 15 is 0 Å². The molecule has 0 aromatic carbocycles. The number of thiophene rings is 1. The third-order valence-electron chi connectivity index (χ3n) is 5.89. The van der Waals surface area contributed by atoms with E-state index in [9.17, 15) is 9.90 Å². The molecule has 0 aliphatic heterocycles. The molecule has 0 spiro atoms. The van der Waals surface area contributed by atoms with Crippen molar-refractivity contribution in [2.45, 2.75) is 91.1 Å². The Kier molecular flexibility index (Phi) is 8.73. The van der Waals surface area contributed by atoms with Crippen LogP contribution in [0.2, 0.25) is 18.1 Å². The number of hydrogen-bond donors (Lipinski definition) is 1. The molecule has 1 heterocycles. The summed E-state index contributed by atoms with van der Waals surface area (Å²) in [7, 11) is -1.80. The fraction of sp³-hybridized carbons (Fsp3) is 0.762. The Bertz CT molecular complexity index is 604. The zero-order valence-electron chi connectivity index (χ0n) is 18.3. The van der Waals surface area contributed by atoms with Crippen molar-refractivity contribution in [3.05, 3.63) is 21.9 Å².